The minimum atomic E-state index is -1.32. The summed E-state index contributed by atoms with van der Waals surface area (Å²) in [5.74, 6) is -2.09. The minimum Gasteiger partial charge on any atom is -0.480 e. The summed E-state index contributed by atoms with van der Waals surface area (Å²) in [4.78, 5) is 35.3. The Labute approximate surface area is 120 Å². The number of primary amides is 1. The zero-order valence-corrected chi connectivity index (χ0v) is 12.0. The normalized spacial score (nSPS) is 11.7. The number of hydrogen-bond donors (Lipinski definition) is 4. The smallest absolute Gasteiger partial charge is 0.326 e. The topological polar surface area (TPSA) is 122 Å². The Balaban J connectivity index is 2.49. The van der Waals surface area contributed by atoms with Gasteiger partial charge >= 0.3 is 12.0 Å². The number of rotatable bonds is 6. The maximum Gasteiger partial charge on any atom is 0.326 e. The number of nitrogens with two attached hydrogens (primary N) is 1. The lowest BCUT2D eigenvalue weighted by Gasteiger charge is -2.13. The van der Waals surface area contributed by atoms with Crippen molar-refractivity contribution in [3.63, 3.8) is 0 Å². The van der Waals surface area contributed by atoms with Gasteiger partial charge < -0.3 is 21.5 Å². The van der Waals surface area contributed by atoms with Crippen LogP contribution < -0.4 is 16.4 Å². The van der Waals surface area contributed by atoms with Crippen LogP contribution >= 0.6 is 11.3 Å². The summed E-state index contributed by atoms with van der Waals surface area (Å²) in [6.45, 7) is 4.26. The average molecular weight is 299 g/mol. The number of hydrogen-bond acceptors (Lipinski definition) is 4. The van der Waals surface area contributed by atoms with Gasteiger partial charge in [-0.2, -0.15) is 0 Å². The second-order valence-electron chi connectivity index (χ2n) is 4.34. The number of carboxylic acid groups (broad SMARTS) is 1. The van der Waals surface area contributed by atoms with Crippen molar-refractivity contribution in [2.45, 2.75) is 32.9 Å². The summed E-state index contributed by atoms with van der Waals surface area (Å²) in [5.41, 5.74) is 6.06. The molecular weight excluding hydrogens is 282 g/mol. The molecule has 8 heteroatoms. The van der Waals surface area contributed by atoms with Crippen molar-refractivity contribution in [3.8, 4) is 0 Å². The van der Waals surface area contributed by atoms with Crippen LogP contribution in [0.2, 0.25) is 0 Å². The highest BCUT2D eigenvalue weighted by atomic mass is 32.1. The quantitative estimate of drug-likeness (QED) is 0.610. The van der Waals surface area contributed by atoms with Gasteiger partial charge in [-0.05, 0) is 25.5 Å². The van der Waals surface area contributed by atoms with Crippen molar-refractivity contribution >= 4 is 29.2 Å². The van der Waals surface area contributed by atoms with Crippen LogP contribution in [-0.2, 0) is 16.1 Å². The van der Waals surface area contributed by atoms with Gasteiger partial charge in [0, 0.05) is 9.75 Å². The molecule has 0 aliphatic rings. The number of thiophene rings is 1. The Morgan fingerprint density at radius 3 is 2.50 bits per heavy atom. The largest absolute Gasteiger partial charge is 0.480 e. The predicted octanol–water partition coefficient (Wildman–Crippen LogP) is 0.493. The van der Waals surface area contributed by atoms with E-state index in [1.807, 2.05) is 19.9 Å². The van der Waals surface area contributed by atoms with E-state index in [0.29, 0.717) is 6.54 Å². The molecule has 1 aromatic rings. The molecular formula is C12H17N3O4S. The molecule has 110 valence electrons. The highest BCUT2D eigenvalue weighted by molar-refractivity contribution is 7.12. The Kier molecular flexibility index (Phi) is 5.51. The van der Waals surface area contributed by atoms with Crippen LogP contribution in [0.1, 0.15) is 21.7 Å². The third-order valence-electron chi connectivity index (χ3n) is 2.65. The van der Waals surface area contributed by atoms with Gasteiger partial charge in [-0.25, -0.2) is 9.59 Å². The van der Waals surface area contributed by atoms with E-state index in [0.717, 1.165) is 10.4 Å². The van der Waals surface area contributed by atoms with Crippen LogP contribution in [0.3, 0.4) is 0 Å². The van der Waals surface area contributed by atoms with Gasteiger partial charge in [-0.3, -0.25) is 4.79 Å². The Bertz CT molecular complexity index is 507. The van der Waals surface area contributed by atoms with Gasteiger partial charge in [0.15, 0.2) is 0 Å². The molecule has 0 radical (unpaired) electrons. The Morgan fingerprint density at radius 2 is 2.05 bits per heavy atom. The molecule has 1 rings (SSSR count). The molecule has 0 bridgehead atoms. The number of carboxylic acids is 1. The maximum absolute atomic E-state index is 11.6. The fourth-order valence-corrected chi connectivity index (χ4v) is 2.51. The van der Waals surface area contributed by atoms with Crippen LogP contribution in [0.5, 0.6) is 0 Å². The zero-order valence-electron chi connectivity index (χ0n) is 11.2. The van der Waals surface area contributed by atoms with Crippen LogP contribution in [0.25, 0.3) is 0 Å². The SMILES string of the molecule is Cc1cc(CNC(=O)N[C@H](CC(N)=O)C(=O)O)sc1C. The molecule has 3 amide bonds. The Morgan fingerprint density at radius 1 is 1.40 bits per heavy atom. The molecule has 0 fully saturated rings. The fourth-order valence-electron chi connectivity index (χ4n) is 1.51. The molecule has 20 heavy (non-hydrogen) atoms. The fraction of sp³-hybridized carbons (Fsp3) is 0.417. The van der Waals surface area contributed by atoms with Crippen molar-refractivity contribution in [3.05, 3.63) is 21.4 Å². The summed E-state index contributed by atoms with van der Waals surface area (Å²) in [5, 5.41) is 13.6. The minimum absolute atomic E-state index is 0.300. The van der Waals surface area contributed by atoms with Crippen molar-refractivity contribution in [2.24, 2.45) is 5.73 Å². The molecule has 7 nitrogen and oxygen atoms in total. The standard InChI is InChI=1S/C12H17N3O4S/c1-6-3-8(20-7(6)2)5-14-12(19)15-9(11(17)18)4-10(13)16/h3,9H,4-5H2,1-2H3,(H2,13,16)(H,17,18)(H2,14,15,19)/t9-/m1/s1. The van der Waals surface area contributed by atoms with Gasteiger partial charge in [0.1, 0.15) is 6.04 Å². The van der Waals surface area contributed by atoms with Crippen molar-refractivity contribution in [2.75, 3.05) is 0 Å². The lowest BCUT2D eigenvalue weighted by molar-refractivity contribution is -0.140. The van der Waals surface area contributed by atoms with Gasteiger partial charge in [-0.1, -0.05) is 0 Å². The molecule has 0 aliphatic heterocycles. The van der Waals surface area contributed by atoms with E-state index in [1.54, 1.807) is 11.3 Å². The summed E-state index contributed by atoms with van der Waals surface area (Å²) in [6, 6.07) is -0.0140. The van der Waals surface area contributed by atoms with E-state index in [-0.39, 0.29) is 0 Å². The van der Waals surface area contributed by atoms with Gasteiger partial charge in [-0.15, -0.1) is 11.3 Å². The maximum atomic E-state index is 11.6. The van der Waals surface area contributed by atoms with E-state index >= 15 is 0 Å². The number of aryl methyl sites for hydroxylation is 2. The molecule has 0 saturated heterocycles. The van der Waals surface area contributed by atoms with Crippen molar-refractivity contribution in [1.82, 2.24) is 10.6 Å². The molecule has 0 aliphatic carbocycles. The van der Waals surface area contributed by atoms with E-state index in [1.165, 1.54) is 4.88 Å². The van der Waals surface area contributed by atoms with Gasteiger partial charge in [0.05, 0.1) is 13.0 Å². The Hall–Kier alpha value is -2.09. The second-order valence-corrected chi connectivity index (χ2v) is 5.68. The highest BCUT2D eigenvalue weighted by Gasteiger charge is 2.21. The third-order valence-corrected chi connectivity index (χ3v) is 3.80. The second kappa shape index (κ2) is 6.90. The lowest BCUT2D eigenvalue weighted by Crippen LogP contribution is -2.47. The van der Waals surface area contributed by atoms with Crippen molar-refractivity contribution in [1.29, 1.82) is 0 Å². The first kappa shape index (κ1) is 16.0. The van der Waals surface area contributed by atoms with E-state index < -0.39 is 30.4 Å². The van der Waals surface area contributed by atoms with Crippen LogP contribution in [0.15, 0.2) is 6.07 Å². The summed E-state index contributed by atoms with van der Waals surface area (Å²) >= 11 is 1.56. The predicted molar refractivity (Wildman–Crippen MR) is 74.4 cm³/mol. The number of carbonyl (C=O) groups is 3. The molecule has 1 heterocycles. The first-order valence-electron chi connectivity index (χ1n) is 5.91. The van der Waals surface area contributed by atoms with E-state index in [2.05, 4.69) is 10.6 Å². The first-order valence-corrected chi connectivity index (χ1v) is 6.72. The molecule has 0 saturated carbocycles. The number of urea groups is 1. The number of carbonyl (C=O) groups excluding carboxylic acids is 2. The van der Waals surface area contributed by atoms with E-state index in [9.17, 15) is 14.4 Å². The molecule has 5 N–H and O–H groups in total. The first-order chi connectivity index (χ1) is 9.29. The lowest BCUT2D eigenvalue weighted by atomic mass is 10.2. The zero-order chi connectivity index (χ0) is 15.3. The highest BCUT2D eigenvalue weighted by Crippen LogP contribution is 2.20. The summed E-state index contributed by atoms with van der Waals surface area (Å²) in [6.07, 6.45) is -0.444. The molecule has 0 unspecified atom stereocenters. The average Bonchev–Trinajstić information content (AvgIpc) is 2.65. The third kappa shape index (κ3) is 4.88. The molecule has 1 aromatic heterocycles. The summed E-state index contributed by atoms with van der Waals surface area (Å²) < 4.78 is 0. The van der Waals surface area contributed by atoms with Crippen molar-refractivity contribution < 1.29 is 19.5 Å². The summed E-state index contributed by atoms with van der Waals surface area (Å²) in [7, 11) is 0. The van der Waals surface area contributed by atoms with Crippen LogP contribution in [0, 0.1) is 13.8 Å². The van der Waals surface area contributed by atoms with E-state index in [4.69, 9.17) is 10.8 Å². The van der Waals surface area contributed by atoms with Crippen LogP contribution in [0.4, 0.5) is 4.79 Å². The molecule has 0 spiro atoms. The number of amides is 3. The van der Waals surface area contributed by atoms with Gasteiger partial charge in [0.25, 0.3) is 0 Å². The molecule has 1 atom stereocenters. The monoisotopic (exact) mass is 299 g/mol. The number of aliphatic carboxylic acids is 1. The van der Waals surface area contributed by atoms with Gasteiger partial charge in [0.2, 0.25) is 5.91 Å². The number of nitrogens with one attached hydrogen (secondary N) is 2. The molecule has 0 aromatic carbocycles. The van der Waals surface area contributed by atoms with Crippen LogP contribution in [-0.4, -0.2) is 29.1 Å².